The fraction of sp³-hybridized carbons (Fsp3) is 0.622. The van der Waals surface area contributed by atoms with Gasteiger partial charge in [0.25, 0.3) is 5.54 Å². The number of rotatable bonds is 10. The third-order valence-corrected chi connectivity index (χ3v) is 13.8. The third-order valence-electron chi connectivity index (χ3n) is 11.6. The molecule has 0 amide bonds. The molecule has 3 atom stereocenters. The second kappa shape index (κ2) is 14.0. The van der Waals surface area contributed by atoms with Crippen LogP contribution >= 0.6 is 0 Å². The maximum atomic E-state index is 14.6. The van der Waals surface area contributed by atoms with Gasteiger partial charge in [-0.15, -0.1) is 0 Å². The Morgan fingerprint density at radius 1 is 0.978 bits per heavy atom. The quantitative estimate of drug-likeness (QED) is 0.207. The number of sulfone groups is 1. The Hall–Kier alpha value is -2.96. The number of carbonyl (C=O) groups excluding carboxylic acids is 1. The molecule has 2 aliphatic carbocycles. The summed E-state index contributed by atoms with van der Waals surface area (Å²) in [5, 5.41) is -0.238. The number of hydrogen-bond donors (Lipinski definition) is 0. The predicted molar refractivity (Wildman–Crippen MR) is 178 cm³/mol. The molecule has 2 aromatic rings. The normalized spacial score (nSPS) is 25.0. The number of nitrogens with zero attached hydrogens (tertiary/aromatic N) is 3. The molecule has 0 unspecified atom stereocenters. The molecule has 46 heavy (non-hydrogen) atoms. The Morgan fingerprint density at radius 2 is 1.70 bits per heavy atom. The maximum Gasteiger partial charge on any atom is 0.305 e. The van der Waals surface area contributed by atoms with E-state index < -0.39 is 15.4 Å². The van der Waals surface area contributed by atoms with Crippen LogP contribution in [0.4, 0.5) is 10.1 Å². The smallest absolute Gasteiger partial charge is 0.305 e. The van der Waals surface area contributed by atoms with Crippen LogP contribution in [0, 0.1) is 36.1 Å². The Kier molecular flexibility index (Phi) is 10.1. The third kappa shape index (κ3) is 6.57. The lowest BCUT2D eigenvalue weighted by Gasteiger charge is -2.46. The average molecular weight is 650 g/mol. The fourth-order valence-electron chi connectivity index (χ4n) is 9.12. The summed E-state index contributed by atoms with van der Waals surface area (Å²) in [6.45, 7) is 13.3. The van der Waals surface area contributed by atoms with Crippen LogP contribution < -0.4 is 4.90 Å². The lowest BCUT2D eigenvalue weighted by atomic mass is 9.63. The van der Waals surface area contributed by atoms with Crippen molar-refractivity contribution >= 4 is 21.5 Å². The van der Waals surface area contributed by atoms with Crippen LogP contribution in [-0.2, 0) is 24.9 Å². The molecule has 7 nitrogen and oxygen atoms in total. The number of halogens is 1. The van der Waals surface area contributed by atoms with Gasteiger partial charge in [0.05, 0.1) is 17.3 Å². The molecule has 6 rings (SSSR count). The molecule has 2 aliphatic heterocycles. The minimum absolute atomic E-state index is 0.00770. The minimum atomic E-state index is -3.26. The monoisotopic (exact) mass is 649 g/mol. The number of piperidine rings is 1. The van der Waals surface area contributed by atoms with E-state index in [1.807, 2.05) is 18.2 Å². The molecule has 2 saturated heterocycles. The maximum absolute atomic E-state index is 14.6. The molecule has 0 aromatic heterocycles. The number of carbonyl (C=O) groups is 1. The zero-order valence-electron chi connectivity index (χ0n) is 27.1. The largest absolute Gasteiger partial charge is 0.469 e. The van der Waals surface area contributed by atoms with E-state index in [0.29, 0.717) is 17.2 Å². The first-order valence-corrected chi connectivity index (χ1v) is 18.8. The van der Waals surface area contributed by atoms with Crippen molar-refractivity contribution in [1.82, 2.24) is 4.90 Å². The van der Waals surface area contributed by atoms with Gasteiger partial charge < -0.3 is 19.4 Å². The van der Waals surface area contributed by atoms with Crippen LogP contribution in [0.3, 0.4) is 0 Å². The van der Waals surface area contributed by atoms with Gasteiger partial charge in [-0.1, -0.05) is 37.8 Å². The molecule has 0 spiro atoms. The van der Waals surface area contributed by atoms with Crippen molar-refractivity contribution in [3.8, 4) is 0 Å². The lowest BCUT2D eigenvalue weighted by Crippen LogP contribution is -2.53. The molecular formula is C37H48FN3O4S. The summed E-state index contributed by atoms with van der Waals surface area (Å²) >= 11 is 0. The first-order chi connectivity index (χ1) is 22.2. The number of ether oxygens (including phenoxy) is 1. The van der Waals surface area contributed by atoms with E-state index >= 15 is 0 Å². The van der Waals surface area contributed by atoms with Crippen LogP contribution in [0.2, 0.25) is 0 Å². The number of hydrogen-bond acceptors (Lipinski definition) is 6. The van der Waals surface area contributed by atoms with E-state index in [4.69, 9.17) is 11.3 Å². The van der Waals surface area contributed by atoms with Crippen LogP contribution in [0.1, 0.15) is 76.2 Å². The van der Waals surface area contributed by atoms with Crippen molar-refractivity contribution in [2.24, 2.45) is 23.7 Å². The van der Waals surface area contributed by atoms with Gasteiger partial charge >= 0.3 is 5.97 Å². The van der Waals surface area contributed by atoms with Crippen LogP contribution in [0.15, 0.2) is 53.4 Å². The van der Waals surface area contributed by atoms with E-state index in [9.17, 15) is 17.6 Å². The van der Waals surface area contributed by atoms with Crippen molar-refractivity contribution in [3.05, 3.63) is 71.3 Å². The van der Waals surface area contributed by atoms with Gasteiger partial charge in [0, 0.05) is 55.1 Å². The van der Waals surface area contributed by atoms with E-state index in [1.54, 1.807) is 24.3 Å². The molecule has 0 N–H and O–H groups in total. The van der Waals surface area contributed by atoms with E-state index in [1.165, 1.54) is 13.2 Å². The summed E-state index contributed by atoms with van der Waals surface area (Å²) < 4.78 is 45.8. The molecule has 248 valence electrons. The number of esters is 1. The molecule has 2 aromatic carbocycles. The Balaban J connectivity index is 1.07. The van der Waals surface area contributed by atoms with Gasteiger partial charge in [-0.05, 0) is 93.9 Å². The zero-order valence-corrected chi connectivity index (χ0v) is 27.9. The molecule has 4 fully saturated rings. The molecule has 4 aliphatic rings. The highest BCUT2D eigenvalue weighted by molar-refractivity contribution is 7.92. The first-order valence-electron chi connectivity index (χ1n) is 17.3. The van der Waals surface area contributed by atoms with E-state index in [0.717, 1.165) is 108 Å². The lowest BCUT2D eigenvalue weighted by molar-refractivity contribution is -0.142. The molecular weight excluding hydrogens is 601 g/mol. The van der Waals surface area contributed by atoms with Crippen molar-refractivity contribution < 1.29 is 22.3 Å². The number of likely N-dealkylation sites (tertiary alicyclic amines) is 1. The van der Waals surface area contributed by atoms with E-state index in [-0.39, 0.29) is 34.8 Å². The van der Waals surface area contributed by atoms with E-state index in [2.05, 4.69) is 14.6 Å². The molecule has 2 saturated carbocycles. The van der Waals surface area contributed by atoms with Crippen molar-refractivity contribution in [1.29, 1.82) is 0 Å². The van der Waals surface area contributed by atoms with Gasteiger partial charge in [0.15, 0.2) is 9.84 Å². The molecule has 9 heteroatoms. The second-order valence-electron chi connectivity index (χ2n) is 14.2. The summed E-state index contributed by atoms with van der Waals surface area (Å²) in [6.07, 6.45) is 9.45. The van der Waals surface area contributed by atoms with Crippen molar-refractivity contribution in [2.45, 2.75) is 86.3 Å². The van der Waals surface area contributed by atoms with Gasteiger partial charge in [0.1, 0.15) is 5.82 Å². The van der Waals surface area contributed by atoms with Crippen LogP contribution in [0.25, 0.3) is 4.85 Å². The SMILES string of the molecule is [C-]#[N+][C@@](c1cccc(F)c1)(C1CCN(CC2CN(c3ccc(S(=O)(=O)C4CCCCC4)cc3)C2)CC1)[C@H]1CCC[C@@H]1CC(=O)OC. The van der Waals surface area contributed by atoms with Gasteiger partial charge in [-0.25, -0.2) is 19.4 Å². The average Bonchev–Trinajstić information content (AvgIpc) is 3.52. The summed E-state index contributed by atoms with van der Waals surface area (Å²) in [7, 11) is -1.84. The summed E-state index contributed by atoms with van der Waals surface area (Å²) in [6, 6.07) is 14.1. The summed E-state index contributed by atoms with van der Waals surface area (Å²) in [5.41, 5.74) is 0.982. The summed E-state index contributed by atoms with van der Waals surface area (Å²) in [5.74, 6) is 0.125. The molecule has 2 heterocycles. The van der Waals surface area contributed by atoms with Crippen molar-refractivity contribution in [3.63, 3.8) is 0 Å². The topological polar surface area (TPSA) is 71.3 Å². The molecule has 0 bridgehead atoms. The Morgan fingerprint density at radius 3 is 2.35 bits per heavy atom. The summed E-state index contributed by atoms with van der Waals surface area (Å²) in [4.78, 5) is 22.0. The number of methoxy groups -OCH3 is 1. The van der Waals surface area contributed by atoms with Crippen LogP contribution in [0.5, 0.6) is 0 Å². The standard InChI is InChI=1S/C37H48FN3O4S/c1-39-37(30-9-7-10-31(38)23-30,35-13-6-8-28(35)22-36(42)45-2)29-18-20-40(21-19-29)24-27-25-41(26-27)32-14-16-34(17-15-32)46(43,44)33-11-4-3-5-12-33/h7,9-10,14-17,23,27-29,33,35H,3-6,8,11-13,18-22,24-26H2,2H3/t28-,35+,37-/m1/s1. The Bertz CT molecular complexity index is 1510. The predicted octanol–water partition coefficient (Wildman–Crippen LogP) is 6.87. The number of benzene rings is 2. The highest BCUT2D eigenvalue weighted by atomic mass is 32.2. The zero-order chi connectivity index (χ0) is 32.3. The van der Waals surface area contributed by atoms with Gasteiger partial charge in [-0.3, -0.25) is 4.79 Å². The number of anilines is 1. The highest BCUT2D eigenvalue weighted by Gasteiger charge is 2.58. The minimum Gasteiger partial charge on any atom is -0.469 e. The Labute approximate surface area is 274 Å². The molecule has 0 radical (unpaired) electrons. The highest BCUT2D eigenvalue weighted by Crippen LogP contribution is 2.54. The fourth-order valence-corrected chi connectivity index (χ4v) is 11.0. The van der Waals surface area contributed by atoms with Crippen LogP contribution in [-0.4, -0.2) is 64.4 Å². The van der Waals surface area contributed by atoms with Gasteiger partial charge in [-0.2, -0.15) is 0 Å². The first kappa shape index (κ1) is 33.0. The second-order valence-corrected chi connectivity index (χ2v) is 16.4. The van der Waals surface area contributed by atoms with Crippen molar-refractivity contribution in [2.75, 3.05) is 44.7 Å². The van der Waals surface area contributed by atoms with Gasteiger partial charge in [0.2, 0.25) is 0 Å².